The number of halogens is 2. The molecule has 0 saturated carbocycles. The van der Waals surface area contributed by atoms with E-state index in [1.54, 1.807) is 30.3 Å². The third-order valence-corrected chi connectivity index (χ3v) is 7.12. The van der Waals surface area contributed by atoms with Gasteiger partial charge in [0.15, 0.2) is 0 Å². The highest BCUT2D eigenvalue weighted by molar-refractivity contribution is 9.10. The molecule has 1 atom stereocenters. The highest BCUT2D eigenvalue weighted by atomic mass is 79.9. The lowest BCUT2D eigenvalue weighted by Crippen LogP contribution is -2.29. The number of phenols is 1. The zero-order valence-electron chi connectivity index (χ0n) is 18.2. The van der Waals surface area contributed by atoms with Crippen molar-refractivity contribution in [3.8, 4) is 5.75 Å². The van der Waals surface area contributed by atoms with E-state index in [0.717, 1.165) is 21.2 Å². The van der Waals surface area contributed by atoms with Gasteiger partial charge >= 0.3 is 0 Å². The van der Waals surface area contributed by atoms with Crippen LogP contribution in [0.15, 0.2) is 64.6 Å². The third kappa shape index (κ3) is 4.05. The second-order valence-corrected chi connectivity index (χ2v) is 9.37. The standard InChI is InChI=1S/C26H21BrClNO4/c1-13-4-7-18(11-14(13)2)29-23(16-6-9-21(30)20(28)12-16)22(25(32)26(29)33)24(31)17-5-8-19(27)15(3)10-17/h4-12,23,30-31H,1-3H3/b24-22+. The first-order valence-corrected chi connectivity index (χ1v) is 11.4. The molecule has 1 aliphatic heterocycles. The molecule has 7 heteroatoms. The molecule has 2 N–H and O–H groups in total. The summed E-state index contributed by atoms with van der Waals surface area (Å²) in [7, 11) is 0. The first kappa shape index (κ1) is 23.1. The number of aromatic hydroxyl groups is 1. The van der Waals surface area contributed by atoms with Crippen LogP contribution in [0.3, 0.4) is 0 Å². The highest BCUT2D eigenvalue weighted by Gasteiger charge is 2.47. The summed E-state index contributed by atoms with van der Waals surface area (Å²) in [6, 6.07) is 14.2. The van der Waals surface area contributed by atoms with Crippen LogP contribution in [-0.4, -0.2) is 21.9 Å². The first-order valence-electron chi connectivity index (χ1n) is 10.2. The van der Waals surface area contributed by atoms with E-state index in [-0.39, 0.29) is 22.1 Å². The molecular formula is C26H21BrClNO4. The number of benzene rings is 3. The van der Waals surface area contributed by atoms with E-state index >= 15 is 0 Å². The van der Waals surface area contributed by atoms with Crippen LogP contribution >= 0.6 is 27.5 Å². The normalized spacial score (nSPS) is 17.6. The second kappa shape index (κ2) is 8.69. The topological polar surface area (TPSA) is 77.8 Å². The number of aliphatic hydroxyl groups is 1. The first-order chi connectivity index (χ1) is 15.6. The fraction of sp³-hybridized carbons (Fsp3) is 0.154. The van der Waals surface area contributed by atoms with Crippen LogP contribution in [0.1, 0.15) is 33.9 Å². The molecular weight excluding hydrogens is 506 g/mol. The Morgan fingerprint density at radius 1 is 0.939 bits per heavy atom. The summed E-state index contributed by atoms with van der Waals surface area (Å²) in [6.45, 7) is 5.75. The minimum atomic E-state index is -0.922. The molecule has 1 fully saturated rings. The van der Waals surface area contributed by atoms with Crippen molar-refractivity contribution >= 4 is 50.7 Å². The van der Waals surface area contributed by atoms with Gasteiger partial charge in [-0.2, -0.15) is 0 Å². The number of hydrogen-bond acceptors (Lipinski definition) is 4. The van der Waals surface area contributed by atoms with Crippen molar-refractivity contribution < 1.29 is 19.8 Å². The van der Waals surface area contributed by atoms with Crippen LogP contribution < -0.4 is 4.90 Å². The van der Waals surface area contributed by atoms with Gasteiger partial charge in [-0.3, -0.25) is 14.5 Å². The number of aliphatic hydroxyl groups excluding tert-OH is 1. The van der Waals surface area contributed by atoms with Crippen LogP contribution in [0.25, 0.3) is 5.76 Å². The molecule has 168 valence electrons. The van der Waals surface area contributed by atoms with Gasteiger partial charge in [0, 0.05) is 15.7 Å². The van der Waals surface area contributed by atoms with Crippen molar-refractivity contribution in [1.29, 1.82) is 0 Å². The number of Topliss-reactive ketones (excluding diaryl/α,β-unsaturated/α-hetero) is 1. The molecule has 0 aromatic heterocycles. The summed E-state index contributed by atoms with van der Waals surface area (Å²) < 4.78 is 0.858. The molecule has 0 aliphatic carbocycles. The lowest BCUT2D eigenvalue weighted by Gasteiger charge is -2.26. The lowest BCUT2D eigenvalue weighted by molar-refractivity contribution is -0.132. The van der Waals surface area contributed by atoms with Crippen LogP contribution in [0.4, 0.5) is 5.69 Å². The van der Waals surface area contributed by atoms with Crippen LogP contribution in [0.2, 0.25) is 5.02 Å². The van der Waals surface area contributed by atoms with Crippen LogP contribution in [-0.2, 0) is 9.59 Å². The van der Waals surface area contributed by atoms with Gasteiger partial charge in [-0.15, -0.1) is 0 Å². The highest BCUT2D eigenvalue weighted by Crippen LogP contribution is 2.44. The van der Waals surface area contributed by atoms with Gasteiger partial charge in [0.05, 0.1) is 16.6 Å². The number of amides is 1. The number of carbonyl (C=O) groups excluding carboxylic acids is 2. The molecule has 0 bridgehead atoms. The average Bonchev–Trinajstić information content (AvgIpc) is 3.04. The second-order valence-electron chi connectivity index (χ2n) is 8.11. The minimum Gasteiger partial charge on any atom is -0.507 e. The van der Waals surface area contributed by atoms with Crippen molar-refractivity contribution in [1.82, 2.24) is 0 Å². The number of nitrogens with zero attached hydrogens (tertiary/aromatic N) is 1. The van der Waals surface area contributed by atoms with Crippen LogP contribution in [0, 0.1) is 20.8 Å². The summed E-state index contributed by atoms with van der Waals surface area (Å²) in [6.07, 6.45) is 0. The van der Waals surface area contributed by atoms with Gasteiger partial charge in [-0.05, 0) is 79.4 Å². The quantitative estimate of drug-likeness (QED) is 0.236. The maximum absolute atomic E-state index is 13.2. The van der Waals surface area contributed by atoms with E-state index in [1.807, 2.05) is 32.9 Å². The number of hydrogen-bond donors (Lipinski definition) is 2. The molecule has 4 rings (SSSR count). The number of ketones is 1. The Balaban J connectivity index is 1.98. The molecule has 0 radical (unpaired) electrons. The Labute approximate surface area is 205 Å². The van der Waals surface area contributed by atoms with Gasteiger partial charge in [0.2, 0.25) is 0 Å². The summed E-state index contributed by atoms with van der Waals surface area (Å²) in [4.78, 5) is 27.9. The minimum absolute atomic E-state index is 0.0401. The van der Waals surface area contributed by atoms with Crippen molar-refractivity contribution in [2.24, 2.45) is 0 Å². The number of carbonyl (C=O) groups is 2. The molecule has 33 heavy (non-hydrogen) atoms. The smallest absolute Gasteiger partial charge is 0.300 e. The van der Waals surface area contributed by atoms with Gasteiger partial charge in [0.25, 0.3) is 11.7 Å². The Hall–Kier alpha value is -3.09. The summed E-state index contributed by atoms with van der Waals surface area (Å²) in [5, 5.41) is 21.2. The fourth-order valence-corrected chi connectivity index (χ4v) is 4.37. The van der Waals surface area contributed by atoms with E-state index < -0.39 is 17.7 Å². The molecule has 3 aromatic rings. The molecule has 1 saturated heterocycles. The SMILES string of the molecule is Cc1ccc(N2C(=O)C(=O)/C(=C(/O)c3ccc(Br)c(C)c3)C2c2ccc(O)c(Cl)c2)cc1C. The van der Waals surface area contributed by atoms with Crippen LogP contribution in [0.5, 0.6) is 5.75 Å². The van der Waals surface area contributed by atoms with Gasteiger partial charge in [0.1, 0.15) is 11.5 Å². The zero-order chi connectivity index (χ0) is 24.0. The van der Waals surface area contributed by atoms with E-state index in [1.165, 1.54) is 17.0 Å². The Morgan fingerprint density at radius 2 is 1.67 bits per heavy atom. The average molecular weight is 527 g/mol. The number of rotatable bonds is 3. The predicted molar refractivity (Wildman–Crippen MR) is 133 cm³/mol. The molecule has 1 aliphatic rings. The largest absolute Gasteiger partial charge is 0.507 e. The number of aryl methyl sites for hydroxylation is 3. The van der Waals surface area contributed by atoms with Gasteiger partial charge in [-0.1, -0.05) is 45.7 Å². The van der Waals surface area contributed by atoms with Crippen molar-refractivity contribution in [3.63, 3.8) is 0 Å². The summed E-state index contributed by atoms with van der Waals surface area (Å²) in [5.41, 5.74) is 4.27. The summed E-state index contributed by atoms with van der Waals surface area (Å²) >= 11 is 9.60. The van der Waals surface area contributed by atoms with Crippen molar-refractivity contribution in [2.75, 3.05) is 4.90 Å². The van der Waals surface area contributed by atoms with Crippen molar-refractivity contribution in [2.45, 2.75) is 26.8 Å². The van der Waals surface area contributed by atoms with E-state index in [9.17, 15) is 19.8 Å². The van der Waals surface area contributed by atoms with E-state index in [0.29, 0.717) is 16.8 Å². The Bertz CT molecular complexity index is 1350. The molecule has 1 unspecified atom stereocenters. The molecule has 5 nitrogen and oxygen atoms in total. The third-order valence-electron chi connectivity index (χ3n) is 5.93. The summed E-state index contributed by atoms with van der Waals surface area (Å²) in [5.74, 6) is -1.93. The maximum Gasteiger partial charge on any atom is 0.300 e. The Kier molecular flexibility index (Phi) is 6.08. The lowest BCUT2D eigenvalue weighted by atomic mass is 9.94. The van der Waals surface area contributed by atoms with Crippen molar-refractivity contribution in [3.05, 3.63) is 97.5 Å². The van der Waals surface area contributed by atoms with Gasteiger partial charge in [-0.25, -0.2) is 0 Å². The van der Waals surface area contributed by atoms with Gasteiger partial charge < -0.3 is 10.2 Å². The maximum atomic E-state index is 13.2. The predicted octanol–water partition coefficient (Wildman–Crippen LogP) is 6.36. The number of anilines is 1. The molecule has 1 heterocycles. The molecule has 1 amide bonds. The number of phenolic OH excluding ortho intramolecular Hbond substituents is 1. The monoisotopic (exact) mass is 525 g/mol. The molecule has 3 aromatic carbocycles. The molecule has 0 spiro atoms. The Morgan fingerprint density at radius 3 is 2.30 bits per heavy atom. The zero-order valence-corrected chi connectivity index (χ0v) is 20.5. The van der Waals surface area contributed by atoms with E-state index in [4.69, 9.17) is 11.6 Å². The van der Waals surface area contributed by atoms with E-state index in [2.05, 4.69) is 15.9 Å². The fourth-order valence-electron chi connectivity index (χ4n) is 3.93.